The molecule has 4 atom stereocenters. The van der Waals surface area contributed by atoms with Gasteiger partial charge in [0.25, 0.3) is 0 Å². The summed E-state index contributed by atoms with van der Waals surface area (Å²) in [6, 6.07) is 0. The zero-order valence-electron chi connectivity index (χ0n) is 11.5. The van der Waals surface area contributed by atoms with Gasteiger partial charge in [-0.15, -0.1) is 0 Å². The second-order valence-electron chi connectivity index (χ2n) is 6.06. The highest BCUT2D eigenvalue weighted by atomic mass is 16.5. The molecule has 0 radical (unpaired) electrons. The van der Waals surface area contributed by atoms with Gasteiger partial charge in [-0.3, -0.25) is 0 Å². The molecule has 0 spiro atoms. The number of hydrogen-bond donors (Lipinski definition) is 0. The van der Waals surface area contributed by atoms with E-state index < -0.39 is 0 Å². The molecule has 2 rings (SSSR count). The molecule has 2 heterocycles. The van der Waals surface area contributed by atoms with Gasteiger partial charge in [0, 0.05) is 19.8 Å². The molecule has 0 bridgehead atoms. The van der Waals surface area contributed by atoms with Crippen LogP contribution in [0.15, 0.2) is 0 Å². The highest BCUT2D eigenvalue weighted by molar-refractivity contribution is 4.74. The van der Waals surface area contributed by atoms with Gasteiger partial charge in [0.05, 0.1) is 6.10 Å². The fourth-order valence-electron chi connectivity index (χ4n) is 3.16. The molecule has 0 aromatic heterocycles. The lowest BCUT2D eigenvalue weighted by Gasteiger charge is -2.29. The maximum Gasteiger partial charge on any atom is 0.0600 e. The molecule has 2 nitrogen and oxygen atoms in total. The van der Waals surface area contributed by atoms with Gasteiger partial charge in [0.2, 0.25) is 0 Å². The first kappa shape index (κ1) is 13.4. The Morgan fingerprint density at radius 2 is 1.82 bits per heavy atom. The van der Waals surface area contributed by atoms with E-state index in [1.54, 1.807) is 0 Å². The fourth-order valence-corrected chi connectivity index (χ4v) is 3.16. The van der Waals surface area contributed by atoms with Gasteiger partial charge in [0.1, 0.15) is 0 Å². The fraction of sp³-hybridized carbons (Fsp3) is 1.00. The predicted octanol–water partition coefficient (Wildman–Crippen LogP) is 3.64. The molecular weight excluding hydrogens is 212 g/mol. The van der Waals surface area contributed by atoms with Crippen LogP contribution in [0.2, 0.25) is 0 Å². The summed E-state index contributed by atoms with van der Waals surface area (Å²) in [7, 11) is 0. The Bertz CT molecular complexity index is 205. The van der Waals surface area contributed by atoms with E-state index in [0.717, 1.165) is 37.6 Å². The van der Waals surface area contributed by atoms with E-state index in [2.05, 4.69) is 13.8 Å². The molecule has 0 aliphatic carbocycles. The van der Waals surface area contributed by atoms with E-state index in [4.69, 9.17) is 9.47 Å². The van der Waals surface area contributed by atoms with Crippen molar-refractivity contribution in [2.75, 3.05) is 19.8 Å². The number of rotatable bonds is 5. The van der Waals surface area contributed by atoms with Crippen LogP contribution in [-0.2, 0) is 9.47 Å². The lowest BCUT2D eigenvalue weighted by Crippen LogP contribution is -2.26. The van der Waals surface area contributed by atoms with E-state index in [9.17, 15) is 0 Å². The molecule has 2 heteroatoms. The van der Waals surface area contributed by atoms with Crippen molar-refractivity contribution in [2.24, 2.45) is 17.8 Å². The Hall–Kier alpha value is -0.0800. The van der Waals surface area contributed by atoms with E-state index >= 15 is 0 Å². The minimum absolute atomic E-state index is 0.538. The van der Waals surface area contributed by atoms with Crippen molar-refractivity contribution in [1.29, 1.82) is 0 Å². The van der Waals surface area contributed by atoms with Gasteiger partial charge in [0.15, 0.2) is 0 Å². The van der Waals surface area contributed by atoms with Crippen molar-refractivity contribution >= 4 is 0 Å². The van der Waals surface area contributed by atoms with Crippen molar-refractivity contribution < 1.29 is 9.47 Å². The van der Waals surface area contributed by atoms with E-state index in [1.165, 1.54) is 38.5 Å². The van der Waals surface area contributed by atoms with Crippen LogP contribution in [0.3, 0.4) is 0 Å². The lowest BCUT2D eigenvalue weighted by atomic mass is 9.85. The first-order valence-electron chi connectivity index (χ1n) is 7.46. The van der Waals surface area contributed by atoms with Crippen LogP contribution < -0.4 is 0 Å². The van der Waals surface area contributed by atoms with Crippen LogP contribution >= 0.6 is 0 Å². The first-order valence-corrected chi connectivity index (χ1v) is 7.46. The van der Waals surface area contributed by atoms with Gasteiger partial charge >= 0.3 is 0 Å². The first-order chi connectivity index (χ1) is 8.27. The topological polar surface area (TPSA) is 18.5 Å². The summed E-state index contributed by atoms with van der Waals surface area (Å²) in [4.78, 5) is 0. The molecule has 0 saturated carbocycles. The van der Waals surface area contributed by atoms with Gasteiger partial charge in [-0.2, -0.15) is 0 Å². The molecule has 0 N–H and O–H groups in total. The third-order valence-corrected chi connectivity index (χ3v) is 4.70. The molecule has 2 fully saturated rings. The average Bonchev–Trinajstić information content (AvgIpc) is 2.90. The second kappa shape index (κ2) is 6.75. The number of hydrogen-bond acceptors (Lipinski definition) is 2. The van der Waals surface area contributed by atoms with Gasteiger partial charge < -0.3 is 9.47 Å². The Morgan fingerprint density at radius 1 is 1.00 bits per heavy atom. The lowest BCUT2D eigenvalue weighted by molar-refractivity contribution is -0.0199. The molecule has 100 valence electrons. The quantitative estimate of drug-likeness (QED) is 0.730. The highest BCUT2D eigenvalue weighted by Gasteiger charge is 2.25. The van der Waals surface area contributed by atoms with E-state index in [-0.39, 0.29) is 0 Å². The molecule has 0 amide bonds. The highest BCUT2D eigenvalue weighted by Crippen LogP contribution is 2.29. The average molecular weight is 240 g/mol. The normalized spacial score (nSPS) is 33.5. The summed E-state index contributed by atoms with van der Waals surface area (Å²) >= 11 is 0. The van der Waals surface area contributed by atoms with E-state index in [1.807, 2.05) is 0 Å². The summed E-state index contributed by atoms with van der Waals surface area (Å²) in [5.41, 5.74) is 0. The van der Waals surface area contributed by atoms with Crippen LogP contribution in [0.1, 0.15) is 52.4 Å². The maximum atomic E-state index is 5.87. The predicted molar refractivity (Wildman–Crippen MR) is 70.1 cm³/mol. The maximum absolute atomic E-state index is 5.87. The SMILES string of the molecule is CC(CCC(C)[C@@H]1CCCCO1)[C@@H]1CCOC1. The Morgan fingerprint density at radius 3 is 2.47 bits per heavy atom. The summed E-state index contributed by atoms with van der Waals surface area (Å²) in [6.45, 7) is 7.73. The summed E-state index contributed by atoms with van der Waals surface area (Å²) in [5.74, 6) is 2.37. The van der Waals surface area contributed by atoms with Gasteiger partial charge in [-0.25, -0.2) is 0 Å². The summed E-state index contributed by atoms with van der Waals surface area (Å²) in [6.07, 6.45) is 8.38. The van der Waals surface area contributed by atoms with Crippen molar-refractivity contribution in [2.45, 2.75) is 58.5 Å². The van der Waals surface area contributed by atoms with Crippen LogP contribution in [-0.4, -0.2) is 25.9 Å². The molecule has 0 aromatic rings. The van der Waals surface area contributed by atoms with Crippen molar-refractivity contribution in [3.05, 3.63) is 0 Å². The Kier molecular flexibility index (Phi) is 5.30. The Balaban J connectivity index is 1.65. The van der Waals surface area contributed by atoms with Crippen LogP contribution in [0.4, 0.5) is 0 Å². The standard InChI is InChI=1S/C15H28O2/c1-12(14-8-10-16-11-14)6-7-13(2)15-5-3-4-9-17-15/h12-15H,3-11H2,1-2H3/t12?,13?,14-,15+/m1/s1. The molecular formula is C15H28O2. The minimum Gasteiger partial charge on any atom is -0.381 e. The largest absolute Gasteiger partial charge is 0.381 e. The summed E-state index contributed by atoms with van der Waals surface area (Å²) < 4.78 is 11.3. The van der Waals surface area contributed by atoms with Crippen LogP contribution in [0.25, 0.3) is 0 Å². The smallest absolute Gasteiger partial charge is 0.0600 e. The van der Waals surface area contributed by atoms with Crippen molar-refractivity contribution in [1.82, 2.24) is 0 Å². The molecule has 0 aromatic carbocycles. The molecule has 2 unspecified atom stereocenters. The third kappa shape index (κ3) is 3.96. The molecule has 2 saturated heterocycles. The Labute approximate surface area is 106 Å². The third-order valence-electron chi connectivity index (χ3n) is 4.70. The molecule has 17 heavy (non-hydrogen) atoms. The number of ether oxygens (including phenoxy) is 2. The zero-order valence-corrected chi connectivity index (χ0v) is 11.5. The molecule has 2 aliphatic rings. The minimum atomic E-state index is 0.538. The van der Waals surface area contributed by atoms with Crippen molar-refractivity contribution in [3.8, 4) is 0 Å². The van der Waals surface area contributed by atoms with Crippen LogP contribution in [0.5, 0.6) is 0 Å². The van der Waals surface area contributed by atoms with Crippen LogP contribution in [0, 0.1) is 17.8 Å². The van der Waals surface area contributed by atoms with Gasteiger partial charge in [-0.1, -0.05) is 20.3 Å². The monoisotopic (exact) mass is 240 g/mol. The van der Waals surface area contributed by atoms with Gasteiger partial charge in [-0.05, 0) is 49.9 Å². The summed E-state index contributed by atoms with van der Waals surface area (Å²) in [5, 5.41) is 0. The zero-order chi connectivity index (χ0) is 12.1. The molecule has 2 aliphatic heterocycles. The van der Waals surface area contributed by atoms with E-state index in [0.29, 0.717) is 6.10 Å². The second-order valence-corrected chi connectivity index (χ2v) is 6.06. The van der Waals surface area contributed by atoms with Crippen molar-refractivity contribution in [3.63, 3.8) is 0 Å².